The Morgan fingerprint density at radius 2 is 1.93 bits per heavy atom. The molecule has 1 aromatic heterocycles. The summed E-state index contributed by atoms with van der Waals surface area (Å²) in [6, 6.07) is 10.7. The topological polar surface area (TPSA) is 83.6 Å². The summed E-state index contributed by atoms with van der Waals surface area (Å²) in [6.45, 7) is 1.90. The van der Waals surface area contributed by atoms with Gasteiger partial charge in [0.2, 0.25) is 0 Å². The van der Waals surface area contributed by atoms with Crippen molar-refractivity contribution in [2.75, 3.05) is 32.6 Å². The van der Waals surface area contributed by atoms with Crippen LogP contribution in [0.5, 0.6) is 5.75 Å². The van der Waals surface area contributed by atoms with Gasteiger partial charge in [-0.3, -0.25) is 9.59 Å². The lowest BCUT2D eigenvalue weighted by Crippen LogP contribution is -2.29. The minimum Gasteiger partial charge on any atom is -0.483 e. The van der Waals surface area contributed by atoms with Gasteiger partial charge < -0.3 is 20.3 Å². The standard InChI is InChI=1S/C20H26N4O3/c1-5-16(15-8-6-7-9-17(15)27-13-19(25)21-2)23-20(26)14-10-11-18(22-12-14)24(3)4/h6-12,16H,5,13H2,1-4H3,(H,21,25)(H,23,26). The average molecular weight is 370 g/mol. The van der Waals surface area contributed by atoms with Crippen molar-refractivity contribution in [2.45, 2.75) is 19.4 Å². The molecule has 27 heavy (non-hydrogen) atoms. The highest BCUT2D eigenvalue weighted by Gasteiger charge is 2.18. The van der Waals surface area contributed by atoms with E-state index in [0.29, 0.717) is 17.7 Å². The Balaban J connectivity index is 2.14. The maximum absolute atomic E-state index is 12.6. The van der Waals surface area contributed by atoms with E-state index in [1.54, 1.807) is 31.4 Å². The third-order valence-electron chi connectivity index (χ3n) is 4.11. The van der Waals surface area contributed by atoms with Gasteiger partial charge in [0.05, 0.1) is 11.6 Å². The molecular formula is C20H26N4O3. The Morgan fingerprint density at radius 1 is 1.19 bits per heavy atom. The van der Waals surface area contributed by atoms with Crippen LogP contribution < -0.4 is 20.3 Å². The van der Waals surface area contributed by atoms with Crippen molar-refractivity contribution in [1.29, 1.82) is 0 Å². The number of hydrogen-bond donors (Lipinski definition) is 2. The number of ether oxygens (including phenoxy) is 1. The van der Waals surface area contributed by atoms with E-state index in [1.807, 2.05) is 44.1 Å². The second kappa shape index (κ2) is 9.56. The fourth-order valence-electron chi connectivity index (χ4n) is 2.54. The second-order valence-corrected chi connectivity index (χ2v) is 6.23. The van der Waals surface area contributed by atoms with Crippen LogP contribution in [0.1, 0.15) is 35.3 Å². The molecule has 0 saturated heterocycles. The predicted octanol–water partition coefficient (Wildman–Crippen LogP) is 2.15. The lowest BCUT2D eigenvalue weighted by Gasteiger charge is -2.21. The molecule has 2 rings (SSSR count). The summed E-state index contributed by atoms with van der Waals surface area (Å²) in [6.07, 6.45) is 2.24. The largest absolute Gasteiger partial charge is 0.483 e. The van der Waals surface area contributed by atoms with Crippen molar-refractivity contribution in [2.24, 2.45) is 0 Å². The Labute approximate surface area is 159 Å². The van der Waals surface area contributed by atoms with Gasteiger partial charge in [0.15, 0.2) is 6.61 Å². The summed E-state index contributed by atoms with van der Waals surface area (Å²) in [5.74, 6) is 0.940. The highest BCUT2D eigenvalue weighted by molar-refractivity contribution is 5.94. The lowest BCUT2D eigenvalue weighted by atomic mass is 10.0. The Bertz CT molecular complexity index is 775. The van der Waals surface area contributed by atoms with Crippen molar-refractivity contribution in [3.05, 3.63) is 53.7 Å². The van der Waals surface area contributed by atoms with Crippen molar-refractivity contribution < 1.29 is 14.3 Å². The van der Waals surface area contributed by atoms with Gasteiger partial charge in [0.25, 0.3) is 11.8 Å². The van der Waals surface area contributed by atoms with Crippen molar-refractivity contribution in [1.82, 2.24) is 15.6 Å². The first-order valence-corrected chi connectivity index (χ1v) is 8.82. The molecule has 1 aromatic carbocycles. The smallest absolute Gasteiger partial charge is 0.257 e. The zero-order valence-electron chi connectivity index (χ0n) is 16.2. The first-order valence-electron chi connectivity index (χ1n) is 8.82. The zero-order chi connectivity index (χ0) is 19.8. The number of pyridine rings is 1. The van der Waals surface area contributed by atoms with Gasteiger partial charge in [-0.05, 0) is 24.6 Å². The molecule has 1 unspecified atom stereocenters. The summed E-state index contributed by atoms with van der Waals surface area (Å²) in [5.41, 5.74) is 1.32. The Morgan fingerprint density at radius 3 is 2.52 bits per heavy atom. The highest BCUT2D eigenvalue weighted by atomic mass is 16.5. The SMILES string of the molecule is CCC(NC(=O)c1ccc(N(C)C)nc1)c1ccccc1OCC(=O)NC. The zero-order valence-corrected chi connectivity index (χ0v) is 16.2. The molecule has 0 radical (unpaired) electrons. The van der Waals surface area contributed by atoms with Crippen LogP contribution in [0.4, 0.5) is 5.82 Å². The number of carbonyl (C=O) groups is 2. The molecule has 2 N–H and O–H groups in total. The molecule has 0 bridgehead atoms. The van der Waals surface area contributed by atoms with Gasteiger partial charge >= 0.3 is 0 Å². The molecule has 7 nitrogen and oxygen atoms in total. The maximum Gasteiger partial charge on any atom is 0.257 e. The summed E-state index contributed by atoms with van der Waals surface area (Å²) in [5, 5.41) is 5.54. The van der Waals surface area contributed by atoms with E-state index < -0.39 is 0 Å². The first kappa shape index (κ1) is 20.2. The number of aromatic nitrogens is 1. The highest BCUT2D eigenvalue weighted by Crippen LogP contribution is 2.27. The summed E-state index contributed by atoms with van der Waals surface area (Å²) in [4.78, 5) is 30.2. The molecule has 1 heterocycles. The minimum absolute atomic E-state index is 0.0756. The van der Waals surface area contributed by atoms with E-state index in [0.717, 1.165) is 11.4 Å². The predicted molar refractivity (Wildman–Crippen MR) is 105 cm³/mol. The monoisotopic (exact) mass is 370 g/mol. The first-order chi connectivity index (χ1) is 13.0. The third-order valence-corrected chi connectivity index (χ3v) is 4.11. The number of likely N-dealkylation sites (N-methyl/N-ethyl adjacent to an activating group) is 1. The van der Waals surface area contributed by atoms with Gasteiger partial charge in [-0.2, -0.15) is 0 Å². The fourth-order valence-corrected chi connectivity index (χ4v) is 2.54. The van der Waals surface area contributed by atoms with Crippen LogP contribution in [0.2, 0.25) is 0 Å². The molecule has 0 aliphatic carbocycles. The molecule has 0 aliphatic heterocycles. The van der Waals surface area contributed by atoms with E-state index in [-0.39, 0.29) is 24.5 Å². The van der Waals surface area contributed by atoms with E-state index in [2.05, 4.69) is 15.6 Å². The number of rotatable bonds is 8. The van der Waals surface area contributed by atoms with Crippen LogP contribution in [0, 0.1) is 0 Å². The van der Waals surface area contributed by atoms with Gasteiger partial charge in [0, 0.05) is 32.9 Å². The second-order valence-electron chi connectivity index (χ2n) is 6.23. The van der Waals surface area contributed by atoms with E-state index >= 15 is 0 Å². The van der Waals surface area contributed by atoms with Crippen LogP contribution in [-0.4, -0.2) is 44.5 Å². The molecule has 1 atom stereocenters. The van der Waals surface area contributed by atoms with Crippen molar-refractivity contribution in [3.63, 3.8) is 0 Å². The molecule has 144 valence electrons. The van der Waals surface area contributed by atoms with Gasteiger partial charge in [0.1, 0.15) is 11.6 Å². The summed E-state index contributed by atoms with van der Waals surface area (Å²) in [7, 11) is 5.35. The third kappa shape index (κ3) is 5.44. The van der Waals surface area contributed by atoms with Gasteiger partial charge in [-0.1, -0.05) is 25.1 Å². The minimum atomic E-state index is -0.244. The number of carbonyl (C=O) groups excluding carboxylic acids is 2. The molecule has 0 saturated carbocycles. The van der Waals surface area contributed by atoms with E-state index in [4.69, 9.17) is 4.74 Å². The molecule has 2 amide bonds. The number of benzene rings is 1. The van der Waals surface area contributed by atoms with Crippen molar-refractivity contribution >= 4 is 17.6 Å². The number of nitrogens with zero attached hydrogens (tertiary/aromatic N) is 2. The van der Waals surface area contributed by atoms with E-state index in [9.17, 15) is 9.59 Å². The van der Waals surface area contributed by atoms with Crippen LogP contribution in [0.15, 0.2) is 42.6 Å². The quantitative estimate of drug-likeness (QED) is 0.744. The Hall–Kier alpha value is -3.09. The molecule has 0 spiro atoms. The molecule has 0 fully saturated rings. The number of amides is 2. The van der Waals surface area contributed by atoms with Gasteiger partial charge in [-0.25, -0.2) is 4.98 Å². The number of nitrogens with one attached hydrogen (secondary N) is 2. The van der Waals surface area contributed by atoms with Crippen LogP contribution in [0.25, 0.3) is 0 Å². The summed E-state index contributed by atoms with van der Waals surface area (Å²) < 4.78 is 5.62. The lowest BCUT2D eigenvalue weighted by molar-refractivity contribution is -0.122. The maximum atomic E-state index is 12.6. The molecule has 7 heteroatoms. The van der Waals surface area contributed by atoms with Crippen LogP contribution in [-0.2, 0) is 4.79 Å². The molecule has 0 aliphatic rings. The van der Waals surface area contributed by atoms with Gasteiger partial charge in [-0.15, -0.1) is 0 Å². The fraction of sp³-hybridized carbons (Fsp3) is 0.350. The number of anilines is 1. The number of hydrogen-bond acceptors (Lipinski definition) is 5. The number of para-hydroxylation sites is 1. The average Bonchev–Trinajstić information content (AvgIpc) is 2.70. The van der Waals surface area contributed by atoms with Crippen molar-refractivity contribution in [3.8, 4) is 5.75 Å². The van der Waals surface area contributed by atoms with Crippen LogP contribution in [0.3, 0.4) is 0 Å². The molecule has 2 aromatic rings. The summed E-state index contributed by atoms with van der Waals surface area (Å²) >= 11 is 0. The van der Waals surface area contributed by atoms with Crippen LogP contribution >= 0.6 is 0 Å². The Kier molecular flexibility index (Phi) is 7.16. The van der Waals surface area contributed by atoms with E-state index in [1.165, 1.54) is 0 Å². The molecular weight excluding hydrogens is 344 g/mol. The normalized spacial score (nSPS) is 11.4.